The predicted molar refractivity (Wildman–Crippen MR) is 101 cm³/mol. The van der Waals surface area contributed by atoms with E-state index in [0.29, 0.717) is 16.9 Å². The van der Waals surface area contributed by atoms with Crippen LogP contribution in [0.1, 0.15) is 5.69 Å². The summed E-state index contributed by atoms with van der Waals surface area (Å²) in [4.78, 5) is 5.67. The Morgan fingerprint density at radius 2 is 2.04 bits per heavy atom. The van der Waals surface area contributed by atoms with Crippen LogP contribution in [-0.2, 0) is 5.75 Å². The molecular weight excluding hydrogens is 374 g/mol. The highest BCUT2D eigenvalue weighted by atomic mass is 32.2. The summed E-state index contributed by atoms with van der Waals surface area (Å²) in [5.74, 6) is 2.07. The molecule has 25 heavy (non-hydrogen) atoms. The number of ether oxygens (including phenoxy) is 1. The molecule has 0 bridgehead atoms. The fraction of sp³-hybridized carbons (Fsp3) is 0.118. The van der Waals surface area contributed by atoms with Gasteiger partial charge in [-0.25, -0.2) is 4.98 Å². The number of thiazole rings is 1. The van der Waals surface area contributed by atoms with Gasteiger partial charge in [0.1, 0.15) is 10.8 Å². The first-order valence-electron chi connectivity index (χ1n) is 7.41. The van der Waals surface area contributed by atoms with E-state index in [4.69, 9.17) is 14.1 Å². The lowest BCUT2D eigenvalue weighted by Crippen LogP contribution is -1.87. The largest absolute Gasteiger partial charge is 0.496 e. The fourth-order valence-corrected chi connectivity index (χ4v) is 4.48. The Balaban J connectivity index is 1.45. The maximum absolute atomic E-state index is 5.68. The minimum Gasteiger partial charge on any atom is -0.496 e. The maximum Gasteiger partial charge on any atom is 0.277 e. The lowest BCUT2D eigenvalue weighted by atomic mass is 10.2. The summed E-state index contributed by atoms with van der Waals surface area (Å²) in [6, 6.07) is 11.8. The molecule has 4 aromatic rings. The second kappa shape index (κ2) is 7.38. The lowest BCUT2D eigenvalue weighted by molar-refractivity contribution is 0.416. The Kier molecular flexibility index (Phi) is 4.82. The van der Waals surface area contributed by atoms with Crippen LogP contribution in [0.3, 0.4) is 0 Å². The standard InChI is InChI=1S/C17H13N3O2S3/c1-21-13-6-3-2-5-12(13)16-18-11(9-24-16)10-25-17-20-19-15(22-17)14-7-4-8-23-14/h2-9H,10H2,1H3. The van der Waals surface area contributed by atoms with Gasteiger partial charge >= 0.3 is 0 Å². The molecule has 0 fully saturated rings. The zero-order valence-electron chi connectivity index (χ0n) is 13.2. The van der Waals surface area contributed by atoms with Crippen LogP contribution in [0.4, 0.5) is 0 Å². The number of thiophene rings is 1. The monoisotopic (exact) mass is 387 g/mol. The van der Waals surface area contributed by atoms with E-state index in [-0.39, 0.29) is 0 Å². The van der Waals surface area contributed by atoms with Gasteiger partial charge < -0.3 is 9.15 Å². The van der Waals surface area contributed by atoms with Gasteiger partial charge in [-0.3, -0.25) is 0 Å². The number of thioether (sulfide) groups is 1. The third-order valence-electron chi connectivity index (χ3n) is 3.37. The molecule has 0 amide bonds. The van der Waals surface area contributed by atoms with Gasteiger partial charge in [0, 0.05) is 11.1 Å². The zero-order valence-corrected chi connectivity index (χ0v) is 15.7. The van der Waals surface area contributed by atoms with Crippen molar-refractivity contribution in [3.8, 4) is 27.1 Å². The molecule has 0 atom stereocenters. The third-order valence-corrected chi connectivity index (χ3v) is 6.01. The fourth-order valence-electron chi connectivity index (χ4n) is 2.22. The van der Waals surface area contributed by atoms with Crippen LogP contribution in [0.2, 0.25) is 0 Å². The molecule has 5 nitrogen and oxygen atoms in total. The molecule has 0 saturated carbocycles. The van der Waals surface area contributed by atoms with E-state index in [2.05, 4.69) is 10.2 Å². The van der Waals surface area contributed by atoms with Crippen molar-refractivity contribution in [1.29, 1.82) is 0 Å². The summed E-state index contributed by atoms with van der Waals surface area (Å²) in [6.45, 7) is 0. The van der Waals surface area contributed by atoms with E-state index in [1.165, 1.54) is 11.8 Å². The Bertz CT molecular complexity index is 963. The van der Waals surface area contributed by atoms with Crippen LogP contribution < -0.4 is 4.74 Å². The molecule has 8 heteroatoms. The molecule has 4 rings (SSSR count). The average molecular weight is 388 g/mol. The first kappa shape index (κ1) is 16.3. The molecule has 1 aromatic carbocycles. The molecule has 3 heterocycles. The Morgan fingerprint density at radius 3 is 2.88 bits per heavy atom. The van der Waals surface area contributed by atoms with Crippen molar-refractivity contribution in [3.05, 3.63) is 52.9 Å². The number of rotatable bonds is 6. The minimum absolute atomic E-state index is 0.551. The van der Waals surface area contributed by atoms with Crippen molar-refractivity contribution in [2.24, 2.45) is 0 Å². The summed E-state index contributed by atoms with van der Waals surface area (Å²) >= 11 is 4.67. The normalized spacial score (nSPS) is 10.9. The van der Waals surface area contributed by atoms with Crippen molar-refractivity contribution in [2.75, 3.05) is 7.11 Å². The molecule has 0 N–H and O–H groups in total. The number of hydrogen-bond acceptors (Lipinski definition) is 8. The van der Waals surface area contributed by atoms with E-state index < -0.39 is 0 Å². The first-order chi connectivity index (χ1) is 12.3. The maximum atomic E-state index is 5.68. The molecule has 0 aliphatic carbocycles. The van der Waals surface area contributed by atoms with Crippen molar-refractivity contribution in [2.45, 2.75) is 11.0 Å². The van der Waals surface area contributed by atoms with Gasteiger partial charge in [0.2, 0.25) is 0 Å². The molecular formula is C17H13N3O2S3. The molecule has 3 aromatic heterocycles. The number of methoxy groups -OCH3 is 1. The first-order valence-corrected chi connectivity index (χ1v) is 10.2. The van der Waals surface area contributed by atoms with Crippen LogP contribution in [0, 0.1) is 0 Å². The molecule has 126 valence electrons. The quantitative estimate of drug-likeness (QED) is 0.423. The van der Waals surface area contributed by atoms with Gasteiger partial charge in [0.25, 0.3) is 11.1 Å². The van der Waals surface area contributed by atoms with Gasteiger partial charge in [-0.2, -0.15) is 0 Å². The van der Waals surface area contributed by atoms with Crippen molar-refractivity contribution >= 4 is 34.4 Å². The van der Waals surface area contributed by atoms with Crippen LogP contribution in [0.25, 0.3) is 21.3 Å². The third kappa shape index (κ3) is 3.60. The highest BCUT2D eigenvalue weighted by molar-refractivity contribution is 7.98. The Labute approximate surface area is 156 Å². The van der Waals surface area contributed by atoms with Crippen molar-refractivity contribution in [3.63, 3.8) is 0 Å². The molecule has 0 aliphatic rings. The second-order valence-corrected chi connectivity index (χ2v) is 7.72. The smallest absolute Gasteiger partial charge is 0.277 e. The van der Waals surface area contributed by atoms with Gasteiger partial charge in [-0.05, 0) is 23.6 Å². The van der Waals surface area contributed by atoms with E-state index in [0.717, 1.165) is 26.9 Å². The number of benzene rings is 1. The number of aromatic nitrogens is 3. The van der Waals surface area contributed by atoms with Crippen LogP contribution in [-0.4, -0.2) is 22.3 Å². The van der Waals surface area contributed by atoms with Crippen molar-refractivity contribution in [1.82, 2.24) is 15.2 Å². The zero-order chi connectivity index (χ0) is 17.1. The summed E-state index contributed by atoms with van der Waals surface area (Å²) < 4.78 is 11.1. The predicted octanol–water partition coefficient (Wildman–Crippen LogP) is 5.22. The second-order valence-electron chi connectivity index (χ2n) is 4.98. The lowest BCUT2D eigenvalue weighted by Gasteiger charge is -2.04. The minimum atomic E-state index is 0.551. The van der Waals surface area contributed by atoms with Gasteiger partial charge in [-0.1, -0.05) is 30.0 Å². The Morgan fingerprint density at radius 1 is 1.12 bits per heavy atom. The number of para-hydroxylation sites is 1. The highest BCUT2D eigenvalue weighted by Gasteiger charge is 2.13. The van der Waals surface area contributed by atoms with Crippen LogP contribution >= 0.6 is 34.4 Å². The summed E-state index contributed by atoms with van der Waals surface area (Å²) in [7, 11) is 1.67. The SMILES string of the molecule is COc1ccccc1-c1nc(CSc2nnc(-c3cccs3)o2)cs1. The Hall–Kier alpha value is -2.16. The van der Waals surface area contributed by atoms with Gasteiger partial charge in [-0.15, -0.1) is 32.9 Å². The molecule has 0 aliphatic heterocycles. The number of hydrogen-bond donors (Lipinski definition) is 0. The van der Waals surface area contributed by atoms with Crippen LogP contribution in [0.5, 0.6) is 5.75 Å². The van der Waals surface area contributed by atoms with E-state index in [1.54, 1.807) is 29.8 Å². The molecule has 0 unspecified atom stereocenters. The molecule has 0 spiro atoms. The summed E-state index contributed by atoms with van der Waals surface area (Å²) in [6.07, 6.45) is 0. The van der Waals surface area contributed by atoms with E-state index >= 15 is 0 Å². The topological polar surface area (TPSA) is 61.0 Å². The van der Waals surface area contributed by atoms with Crippen molar-refractivity contribution < 1.29 is 9.15 Å². The van der Waals surface area contributed by atoms with E-state index in [1.807, 2.05) is 47.2 Å². The van der Waals surface area contributed by atoms with E-state index in [9.17, 15) is 0 Å². The van der Waals surface area contributed by atoms with Gasteiger partial charge in [0.15, 0.2) is 0 Å². The summed E-state index contributed by atoms with van der Waals surface area (Å²) in [5, 5.41) is 13.7. The number of nitrogens with zero attached hydrogens (tertiary/aromatic N) is 3. The summed E-state index contributed by atoms with van der Waals surface area (Å²) in [5.41, 5.74) is 1.98. The average Bonchev–Trinajstić information content (AvgIpc) is 3.40. The van der Waals surface area contributed by atoms with Gasteiger partial charge in [0.05, 0.1) is 23.2 Å². The molecule has 0 saturated heterocycles. The van der Waals surface area contributed by atoms with Crippen LogP contribution in [0.15, 0.2) is 56.8 Å². The highest BCUT2D eigenvalue weighted by Crippen LogP contribution is 2.33. The molecule has 0 radical (unpaired) electrons.